The number of hydrogen-bond acceptors (Lipinski definition) is 6. The van der Waals surface area contributed by atoms with Crippen LogP contribution in [0.1, 0.15) is 46.7 Å². The first-order valence-electron chi connectivity index (χ1n) is 9.18. The number of ether oxygens (including phenoxy) is 1. The first kappa shape index (κ1) is 18.2. The molecule has 0 atom stereocenters. The first-order valence-corrected chi connectivity index (χ1v) is 9.18. The predicted octanol–water partition coefficient (Wildman–Crippen LogP) is 2.49. The third kappa shape index (κ3) is 3.61. The summed E-state index contributed by atoms with van der Waals surface area (Å²) in [6, 6.07) is 7.19. The minimum atomic E-state index is -0.496. The second-order valence-electron chi connectivity index (χ2n) is 6.82. The van der Waals surface area contributed by atoms with E-state index in [0.29, 0.717) is 10.9 Å². The number of hydrogen-bond donors (Lipinski definition) is 3. The summed E-state index contributed by atoms with van der Waals surface area (Å²) in [6.45, 7) is 0. The van der Waals surface area contributed by atoms with Gasteiger partial charge in [0.1, 0.15) is 11.2 Å². The highest BCUT2D eigenvalue weighted by Crippen LogP contribution is 2.23. The van der Waals surface area contributed by atoms with Crippen LogP contribution in [-0.2, 0) is 4.74 Å². The number of carbonyl (C=O) groups excluding carboxylic acids is 2. The fourth-order valence-corrected chi connectivity index (χ4v) is 3.49. The molecule has 2 aromatic heterocycles. The van der Waals surface area contributed by atoms with Gasteiger partial charge in [-0.25, -0.2) is 0 Å². The van der Waals surface area contributed by atoms with E-state index >= 15 is 0 Å². The van der Waals surface area contributed by atoms with Gasteiger partial charge in [0.05, 0.1) is 23.4 Å². The highest BCUT2D eigenvalue weighted by molar-refractivity contribution is 6.12. The van der Waals surface area contributed by atoms with Crippen LogP contribution in [-0.4, -0.2) is 46.4 Å². The molecule has 1 fully saturated rings. The van der Waals surface area contributed by atoms with Gasteiger partial charge in [-0.2, -0.15) is 5.10 Å². The van der Waals surface area contributed by atoms with Crippen LogP contribution in [0.3, 0.4) is 0 Å². The molecule has 1 aliphatic rings. The van der Waals surface area contributed by atoms with E-state index in [4.69, 9.17) is 9.26 Å². The monoisotopic (exact) mass is 383 g/mol. The lowest BCUT2D eigenvalue weighted by molar-refractivity contribution is 0.0598. The number of nitrogens with one attached hydrogen (secondary N) is 3. The molecule has 1 aromatic carbocycles. The zero-order valence-electron chi connectivity index (χ0n) is 15.4. The standard InChI is InChI=1S/C19H21N5O4/c1-27-12-8-6-11(7-9-12)21-18(25)16-15(10-20-23-16)22-19(26)17-13-4-2-3-5-14(13)24-28-17/h2-5,10-12H,6-9H2,1H3,(H,20,23)(H,21,25)(H,22,26). The Labute approximate surface area is 160 Å². The quantitative estimate of drug-likeness (QED) is 0.622. The molecule has 9 heteroatoms. The lowest BCUT2D eigenvalue weighted by Crippen LogP contribution is -2.39. The number of anilines is 1. The Bertz CT molecular complexity index is 987. The van der Waals surface area contributed by atoms with Crippen LogP contribution in [0.15, 0.2) is 35.0 Å². The number of rotatable bonds is 5. The molecule has 0 saturated heterocycles. The Hall–Kier alpha value is -3.20. The zero-order chi connectivity index (χ0) is 19.5. The summed E-state index contributed by atoms with van der Waals surface area (Å²) in [5.41, 5.74) is 1.07. The van der Waals surface area contributed by atoms with Crippen molar-refractivity contribution < 1.29 is 18.8 Å². The van der Waals surface area contributed by atoms with Crippen molar-refractivity contribution in [3.8, 4) is 0 Å². The average molecular weight is 383 g/mol. The van der Waals surface area contributed by atoms with E-state index in [1.807, 2.05) is 6.07 Å². The summed E-state index contributed by atoms with van der Waals surface area (Å²) >= 11 is 0. The fraction of sp³-hybridized carbons (Fsp3) is 0.368. The third-order valence-corrected chi connectivity index (χ3v) is 5.05. The number of benzene rings is 1. The first-order chi connectivity index (χ1) is 13.7. The number of aromatic amines is 1. The van der Waals surface area contributed by atoms with E-state index < -0.39 is 5.91 Å². The van der Waals surface area contributed by atoms with Crippen molar-refractivity contribution in [2.75, 3.05) is 12.4 Å². The highest BCUT2D eigenvalue weighted by atomic mass is 16.5. The van der Waals surface area contributed by atoms with Crippen LogP contribution in [0.4, 0.5) is 5.69 Å². The molecule has 0 radical (unpaired) electrons. The van der Waals surface area contributed by atoms with Crippen LogP contribution >= 0.6 is 0 Å². The van der Waals surface area contributed by atoms with Crippen LogP contribution in [0.25, 0.3) is 10.9 Å². The van der Waals surface area contributed by atoms with Gasteiger partial charge in [0.15, 0.2) is 0 Å². The van der Waals surface area contributed by atoms with Gasteiger partial charge in [0.2, 0.25) is 5.76 Å². The van der Waals surface area contributed by atoms with Crippen molar-refractivity contribution in [3.05, 3.63) is 41.9 Å². The van der Waals surface area contributed by atoms with E-state index in [1.165, 1.54) is 6.20 Å². The number of nitrogens with zero attached hydrogens (tertiary/aromatic N) is 2. The average Bonchev–Trinajstić information content (AvgIpc) is 3.35. The van der Waals surface area contributed by atoms with E-state index in [2.05, 4.69) is 26.0 Å². The van der Waals surface area contributed by atoms with Crippen LogP contribution in [0.5, 0.6) is 0 Å². The Balaban J connectivity index is 1.44. The fourth-order valence-electron chi connectivity index (χ4n) is 3.49. The Morgan fingerprint density at radius 1 is 1.18 bits per heavy atom. The van der Waals surface area contributed by atoms with Gasteiger partial charge >= 0.3 is 0 Å². The number of H-pyrrole nitrogens is 1. The van der Waals surface area contributed by atoms with Crippen molar-refractivity contribution in [1.29, 1.82) is 0 Å². The van der Waals surface area contributed by atoms with Gasteiger partial charge in [0, 0.05) is 13.2 Å². The molecule has 0 unspecified atom stereocenters. The van der Waals surface area contributed by atoms with Crippen LogP contribution < -0.4 is 10.6 Å². The number of aromatic nitrogens is 3. The molecule has 0 bridgehead atoms. The maximum absolute atomic E-state index is 12.6. The second kappa shape index (κ2) is 7.81. The van der Waals surface area contributed by atoms with E-state index in [9.17, 15) is 9.59 Å². The molecule has 146 valence electrons. The molecule has 2 heterocycles. The summed E-state index contributed by atoms with van der Waals surface area (Å²) in [4.78, 5) is 25.2. The molecule has 4 rings (SSSR count). The van der Waals surface area contributed by atoms with Crippen LogP contribution in [0.2, 0.25) is 0 Å². The van der Waals surface area contributed by atoms with E-state index in [1.54, 1.807) is 25.3 Å². The maximum Gasteiger partial charge on any atom is 0.295 e. The van der Waals surface area contributed by atoms with Crippen molar-refractivity contribution in [2.24, 2.45) is 0 Å². The number of amides is 2. The second-order valence-corrected chi connectivity index (χ2v) is 6.82. The van der Waals surface area contributed by atoms with Gasteiger partial charge in [0.25, 0.3) is 11.8 Å². The Morgan fingerprint density at radius 3 is 2.75 bits per heavy atom. The molecular weight excluding hydrogens is 362 g/mol. The minimum absolute atomic E-state index is 0.0731. The molecule has 0 spiro atoms. The lowest BCUT2D eigenvalue weighted by atomic mass is 9.93. The van der Waals surface area contributed by atoms with Gasteiger partial charge in [-0.15, -0.1) is 0 Å². The molecule has 9 nitrogen and oxygen atoms in total. The zero-order valence-corrected chi connectivity index (χ0v) is 15.4. The van der Waals surface area contributed by atoms with Crippen molar-refractivity contribution in [3.63, 3.8) is 0 Å². The number of carbonyl (C=O) groups is 2. The summed E-state index contributed by atoms with van der Waals surface area (Å²) in [7, 11) is 1.71. The largest absolute Gasteiger partial charge is 0.381 e. The molecule has 3 N–H and O–H groups in total. The lowest BCUT2D eigenvalue weighted by Gasteiger charge is -2.28. The van der Waals surface area contributed by atoms with Gasteiger partial charge in [-0.3, -0.25) is 14.7 Å². The molecule has 28 heavy (non-hydrogen) atoms. The molecule has 0 aliphatic heterocycles. The molecule has 1 aliphatic carbocycles. The maximum atomic E-state index is 12.6. The molecule has 3 aromatic rings. The van der Waals surface area contributed by atoms with E-state index in [0.717, 1.165) is 25.7 Å². The molecule has 1 saturated carbocycles. The van der Waals surface area contributed by atoms with Crippen molar-refractivity contribution in [1.82, 2.24) is 20.7 Å². The third-order valence-electron chi connectivity index (χ3n) is 5.05. The van der Waals surface area contributed by atoms with Crippen LogP contribution in [0, 0.1) is 0 Å². The van der Waals surface area contributed by atoms with Gasteiger partial charge in [-0.1, -0.05) is 17.3 Å². The summed E-state index contributed by atoms with van der Waals surface area (Å²) < 4.78 is 10.5. The molecular formula is C19H21N5O4. The Morgan fingerprint density at radius 2 is 1.96 bits per heavy atom. The predicted molar refractivity (Wildman–Crippen MR) is 101 cm³/mol. The normalized spacial score (nSPS) is 19.5. The highest BCUT2D eigenvalue weighted by Gasteiger charge is 2.25. The van der Waals surface area contributed by atoms with Gasteiger partial charge in [-0.05, 0) is 37.8 Å². The summed E-state index contributed by atoms with van der Waals surface area (Å²) in [6.07, 6.45) is 5.17. The molecule has 2 amide bonds. The van der Waals surface area contributed by atoms with E-state index in [-0.39, 0.29) is 35.2 Å². The Kier molecular flexibility index (Phi) is 5.07. The summed E-state index contributed by atoms with van der Waals surface area (Å²) in [5, 5.41) is 16.7. The summed E-state index contributed by atoms with van der Waals surface area (Å²) in [5.74, 6) is -0.720. The van der Waals surface area contributed by atoms with Crippen molar-refractivity contribution >= 4 is 28.4 Å². The number of methoxy groups -OCH3 is 1. The van der Waals surface area contributed by atoms with Crippen molar-refractivity contribution in [2.45, 2.75) is 37.8 Å². The minimum Gasteiger partial charge on any atom is -0.381 e. The topological polar surface area (TPSA) is 122 Å². The smallest absolute Gasteiger partial charge is 0.295 e. The van der Waals surface area contributed by atoms with Gasteiger partial charge < -0.3 is 19.9 Å². The SMILES string of the molecule is COC1CCC(NC(=O)c2[nH]ncc2NC(=O)c2onc3ccccc23)CC1. The number of fused-ring (bicyclic) bond motifs is 1.